The molecule has 0 bridgehead atoms. The molecule has 28 heavy (non-hydrogen) atoms. The van der Waals surface area contributed by atoms with Gasteiger partial charge in [-0.2, -0.15) is 9.46 Å². The summed E-state index contributed by atoms with van der Waals surface area (Å²) in [6, 6.07) is 9.31. The van der Waals surface area contributed by atoms with Gasteiger partial charge >= 0.3 is 0 Å². The topological polar surface area (TPSA) is 77.2 Å². The first-order valence-corrected chi connectivity index (χ1v) is 11.4. The fourth-order valence-corrected chi connectivity index (χ4v) is 6.24. The molecule has 1 unspecified atom stereocenters. The van der Waals surface area contributed by atoms with Crippen molar-refractivity contribution in [2.45, 2.75) is 43.9 Å². The van der Waals surface area contributed by atoms with Crippen LogP contribution < -0.4 is 0 Å². The number of fused-ring (bicyclic) bond motifs is 1. The molecule has 0 spiro atoms. The molecule has 2 aromatic heterocycles. The third-order valence-corrected chi connectivity index (χ3v) is 7.68. The maximum atomic E-state index is 13.8. The minimum atomic E-state index is -2.79. The largest absolute Gasteiger partial charge is 0.272 e. The fourth-order valence-electron chi connectivity index (χ4n) is 3.89. The lowest BCUT2D eigenvalue weighted by Gasteiger charge is -2.23. The first kappa shape index (κ1) is 18.8. The summed E-state index contributed by atoms with van der Waals surface area (Å²) >= 11 is 0. The minimum Gasteiger partial charge on any atom is -0.272 e. The molecule has 1 saturated carbocycles. The Morgan fingerprint density at radius 3 is 2.79 bits per heavy atom. The number of carbonyl (C=O) groups is 1. The van der Waals surface area contributed by atoms with E-state index in [2.05, 4.69) is 14.4 Å². The number of carbonyl (C=O) groups excluding carboxylic acids is 1. The molecule has 4 rings (SSSR count). The van der Waals surface area contributed by atoms with E-state index < -0.39 is 9.73 Å². The molecule has 7 heteroatoms. The number of amides is 1. The van der Waals surface area contributed by atoms with Crippen molar-refractivity contribution in [2.75, 3.05) is 5.75 Å². The van der Waals surface area contributed by atoms with E-state index in [0.717, 1.165) is 42.3 Å². The van der Waals surface area contributed by atoms with Crippen LogP contribution in [0.25, 0.3) is 16.6 Å². The summed E-state index contributed by atoms with van der Waals surface area (Å²) in [5.41, 5.74) is 1.66. The number of nitrogens with zero attached hydrogens (tertiary/aromatic N) is 4. The van der Waals surface area contributed by atoms with E-state index in [1.165, 1.54) is 13.3 Å². The van der Waals surface area contributed by atoms with Crippen molar-refractivity contribution in [1.29, 1.82) is 0 Å². The molecule has 2 heterocycles. The van der Waals surface area contributed by atoms with Crippen molar-refractivity contribution in [1.82, 2.24) is 14.8 Å². The second-order valence-corrected chi connectivity index (χ2v) is 9.70. The van der Waals surface area contributed by atoms with Gasteiger partial charge in [-0.1, -0.05) is 19.3 Å². The summed E-state index contributed by atoms with van der Waals surface area (Å²) in [6.45, 7) is 1.37. The SMILES string of the molecule is CC(=O)N=S(=O)(CC1CCCCC1)c1ccc2nn(-c3cccnc3)cc2c1. The number of hydrogen-bond donors (Lipinski definition) is 0. The van der Waals surface area contributed by atoms with Crippen molar-refractivity contribution in [3.8, 4) is 5.69 Å². The average Bonchev–Trinajstić information content (AvgIpc) is 3.12. The molecule has 0 N–H and O–H groups in total. The molecule has 1 atom stereocenters. The predicted molar refractivity (Wildman–Crippen MR) is 110 cm³/mol. The third kappa shape index (κ3) is 3.99. The quantitative estimate of drug-likeness (QED) is 0.656. The van der Waals surface area contributed by atoms with Gasteiger partial charge in [0.2, 0.25) is 0 Å². The lowest BCUT2D eigenvalue weighted by Crippen LogP contribution is -2.19. The summed E-state index contributed by atoms with van der Waals surface area (Å²) in [4.78, 5) is 16.5. The van der Waals surface area contributed by atoms with E-state index in [-0.39, 0.29) is 5.91 Å². The third-order valence-electron chi connectivity index (χ3n) is 5.22. The van der Waals surface area contributed by atoms with E-state index in [1.54, 1.807) is 23.1 Å². The number of benzene rings is 1. The van der Waals surface area contributed by atoms with Gasteiger partial charge in [-0.3, -0.25) is 9.78 Å². The van der Waals surface area contributed by atoms with Gasteiger partial charge in [0.15, 0.2) is 0 Å². The van der Waals surface area contributed by atoms with Gasteiger partial charge in [0.1, 0.15) is 0 Å². The molecule has 3 aromatic rings. The summed E-state index contributed by atoms with van der Waals surface area (Å²) in [6.07, 6.45) is 11.0. The van der Waals surface area contributed by atoms with E-state index >= 15 is 0 Å². The molecular weight excluding hydrogens is 372 g/mol. The van der Waals surface area contributed by atoms with Crippen LogP contribution in [-0.2, 0) is 14.5 Å². The van der Waals surface area contributed by atoms with E-state index in [0.29, 0.717) is 16.6 Å². The summed E-state index contributed by atoms with van der Waals surface area (Å²) in [5.74, 6) is 0.430. The van der Waals surface area contributed by atoms with Crippen LogP contribution in [0.3, 0.4) is 0 Å². The molecule has 0 saturated heterocycles. The maximum absolute atomic E-state index is 13.8. The Balaban J connectivity index is 1.74. The molecule has 0 aliphatic heterocycles. The highest BCUT2D eigenvalue weighted by Gasteiger charge is 2.23. The predicted octanol–water partition coefficient (Wildman–Crippen LogP) is 4.37. The summed E-state index contributed by atoms with van der Waals surface area (Å²) in [7, 11) is -2.79. The van der Waals surface area contributed by atoms with Gasteiger partial charge < -0.3 is 0 Å². The maximum Gasteiger partial charge on any atom is 0.250 e. The Bertz CT molecular complexity index is 1110. The van der Waals surface area contributed by atoms with Gasteiger partial charge in [-0.25, -0.2) is 8.89 Å². The number of rotatable bonds is 4. The average molecular weight is 397 g/mol. The van der Waals surface area contributed by atoms with Crippen molar-refractivity contribution in [3.63, 3.8) is 0 Å². The van der Waals surface area contributed by atoms with Crippen molar-refractivity contribution >= 4 is 26.5 Å². The van der Waals surface area contributed by atoms with Crippen LogP contribution in [0.4, 0.5) is 0 Å². The Labute approximate surface area is 165 Å². The molecule has 1 fully saturated rings. The minimum absolute atomic E-state index is 0.359. The van der Waals surface area contributed by atoms with Crippen LogP contribution in [-0.4, -0.2) is 30.6 Å². The highest BCUT2D eigenvalue weighted by atomic mass is 32.2. The molecule has 6 nitrogen and oxygen atoms in total. The first-order valence-electron chi connectivity index (χ1n) is 9.69. The van der Waals surface area contributed by atoms with Gasteiger partial charge in [0.25, 0.3) is 5.91 Å². The number of pyridine rings is 1. The monoisotopic (exact) mass is 396 g/mol. The second kappa shape index (κ2) is 7.83. The van der Waals surface area contributed by atoms with Crippen LogP contribution in [0.2, 0.25) is 0 Å². The Kier molecular flexibility index (Phi) is 5.26. The van der Waals surface area contributed by atoms with Crippen molar-refractivity contribution in [2.24, 2.45) is 10.3 Å². The molecular formula is C21H24N4O2S. The highest BCUT2D eigenvalue weighted by molar-refractivity contribution is 7.94. The van der Waals surface area contributed by atoms with Crippen LogP contribution in [0, 0.1) is 5.92 Å². The number of aromatic nitrogens is 3. The zero-order chi connectivity index (χ0) is 19.6. The smallest absolute Gasteiger partial charge is 0.250 e. The highest BCUT2D eigenvalue weighted by Crippen LogP contribution is 2.29. The zero-order valence-electron chi connectivity index (χ0n) is 16.0. The van der Waals surface area contributed by atoms with Crippen molar-refractivity contribution < 1.29 is 9.00 Å². The fraction of sp³-hybridized carbons (Fsp3) is 0.381. The van der Waals surface area contributed by atoms with Gasteiger partial charge in [-0.15, -0.1) is 0 Å². The molecule has 0 radical (unpaired) electrons. The Morgan fingerprint density at radius 2 is 2.07 bits per heavy atom. The van der Waals surface area contributed by atoms with Gasteiger partial charge in [0.05, 0.1) is 27.1 Å². The summed E-state index contributed by atoms with van der Waals surface area (Å²) in [5, 5.41) is 5.44. The lowest BCUT2D eigenvalue weighted by atomic mass is 9.91. The van der Waals surface area contributed by atoms with Gasteiger partial charge in [0, 0.05) is 35.4 Å². The van der Waals surface area contributed by atoms with Crippen molar-refractivity contribution in [3.05, 3.63) is 48.9 Å². The lowest BCUT2D eigenvalue weighted by molar-refractivity contribution is -0.115. The van der Waals surface area contributed by atoms with E-state index in [9.17, 15) is 9.00 Å². The van der Waals surface area contributed by atoms with Crippen LogP contribution in [0.15, 0.2) is 58.2 Å². The molecule has 1 amide bonds. The molecule has 1 aliphatic rings. The zero-order valence-corrected chi connectivity index (χ0v) is 16.8. The standard InChI is InChI=1S/C21H24N4O2S/c1-16(26)24-28(27,15-17-6-3-2-4-7-17)20-9-10-21-18(12-20)14-25(23-21)19-8-5-11-22-13-19/h5,8-14,17H,2-4,6-7,15H2,1H3. The van der Waals surface area contributed by atoms with E-state index in [1.807, 2.05) is 30.5 Å². The molecule has 1 aliphatic carbocycles. The van der Waals surface area contributed by atoms with E-state index in [4.69, 9.17) is 0 Å². The summed E-state index contributed by atoms with van der Waals surface area (Å²) < 4.78 is 19.6. The Morgan fingerprint density at radius 1 is 1.25 bits per heavy atom. The van der Waals surface area contributed by atoms with Crippen LogP contribution in [0.5, 0.6) is 0 Å². The Hall–Kier alpha value is -2.54. The normalized spacial score (nSPS) is 17.3. The van der Waals surface area contributed by atoms with Crippen LogP contribution in [0.1, 0.15) is 39.0 Å². The molecule has 146 valence electrons. The van der Waals surface area contributed by atoms with Crippen LogP contribution >= 0.6 is 0 Å². The molecule has 1 aromatic carbocycles. The number of hydrogen-bond acceptors (Lipinski definition) is 4. The second-order valence-electron chi connectivity index (χ2n) is 7.43. The first-order chi connectivity index (χ1) is 13.5. The van der Waals surface area contributed by atoms with Gasteiger partial charge in [-0.05, 0) is 49.1 Å².